The molecule has 132 valence electrons. The van der Waals surface area contributed by atoms with Crippen molar-refractivity contribution in [2.75, 3.05) is 20.1 Å². The van der Waals surface area contributed by atoms with Crippen molar-refractivity contribution >= 4 is 5.91 Å². The van der Waals surface area contributed by atoms with E-state index in [1.54, 1.807) is 7.05 Å². The zero-order valence-electron chi connectivity index (χ0n) is 14.7. The Morgan fingerprint density at radius 2 is 2.20 bits per heavy atom. The quantitative estimate of drug-likeness (QED) is 0.845. The summed E-state index contributed by atoms with van der Waals surface area (Å²) in [4.78, 5) is 23.1. The summed E-state index contributed by atoms with van der Waals surface area (Å²) < 4.78 is 6.04. The summed E-state index contributed by atoms with van der Waals surface area (Å²) in [5.41, 5.74) is 4.66. The van der Waals surface area contributed by atoms with Crippen LogP contribution in [0.25, 0.3) is 0 Å². The maximum absolute atomic E-state index is 12.0. The van der Waals surface area contributed by atoms with E-state index >= 15 is 0 Å². The van der Waals surface area contributed by atoms with Crippen LogP contribution in [-0.2, 0) is 19.4 Å². The number of carbonyl (C=O) groups is 1. The molecule has 0 radical (unpaired) electrons. The van der Waals surface area contributed by atoms with Gasteiger partial charge in [0.25, 0.3) is 5.91 Å². The van der Waals surface area contributed by atoms with Crippen molar-refractivity contribution in [2.45, 2.75) is 39.3 Å². The number of rotatable bonds is 3. The lowest BCUT2D eigenvalue weighted by Crippen LogP contribution is -2.38. The van der Waals surface area contributed by atoms with Crippen molar-refractivity contribution < 1.29 is 9.53 Å². The number of amides is 1. The number of nitrogens with zero attached hydrogens (tertiary/aromatic N) is 4. The lowest BCUT2D eigenvalue weighted by Gasteiger charge is -2.28. The average Bonchev–Trinajstić information content (AvgIpc) is 3.17. The molecule has 2 aromatic heterocycles. The van der Waals surface area contributed by atoms with Crippen molar-refractivity contribution in [1.29, 1.82) is 0 Å². The molecule has 8 nitrogen and oxygen atoms in total. The van der Waals surface area contributed by atoms with E-state index < -0.39 is 0 Å². The van der Waals surface area contributed by atoms with E-state index in [1.165, 1.54) is 0 Å². The van der Waals surface area contributed by atoms with Gasteiger partial charge >= 0.3 is 0 Å². The summed E-state index contributed by atoms with van der Waals surface area (Å²) in [6.07, 6.45) is 1.76. The van der Waals surface area contributed by atoms with Crippen molar-refractivity contribution in [3.8, 4) is 5.88 Å². The molecule has 0 bridgehead atoms. The Hall–Kier alpha value is -2.48. The van der Waals surface area contributed by atoms with Crippen LogP contribution in [0.15, 0.2) is 0 Å². The number of carbonyl (C=O) groups excluding carboxylic acids is 1. The molecule has 0 saturated heterocycles. The molecule has 4 rings (SSSR count). The average molecular weight is 342 g/mol. The minimum atomic E-state index is -0.148. The Balaban J connectivity index is 1.46. The van der Waals surface area contributed by atoms with Gasteiger partial charge < -0.3 is 10.1 Å². The second kappa shape index (κ2) is 6.11. The van der Waals surface area contributed by atoms with Gasteiger partial charge in [-0.05, 0) is 13.8 Å². The predicted molar refractivity (Wildman–Crippen MR) is 90.6 cm³/mol. The van der Waals surface area contributed by atoms with Gasteiger partial charge in [-0.25, -0.2) is 4.98 Å². The molecule has 2 aliphatic heterocycles. The highest BCUT2D eigenvalue weighted by Crippen LogP contribution is 2.30. The number of aromatic nitrogens is 4. The van der Waals surface area contributed by atoms with Crippen LogP contribution >= 0.6 is 0 Å². The number of aryl methyl sites for hydroxylation is 2. The van der Waals surface area contributed by atoms with Crippen LogP contribution < -0.4 is 10.1 Å². The molecule has 1 amide bonds. The number of H-pyrrole nitrogens is 1. The van der Waals surface area contributed by atoms with Gasteiger partial charge in [0.15, 0.2) is 5.69 Å². The van der Waals surface area contributed by atoms with Gasteiger partial charge in [0.05, 0.1) is 0 Å². The fraction of sp³-hybridized carbons (Fsp3) is 0.529. The van der Waals surface area contributed by atoms with Gasteiger partial charge in [-0.2, -0.15) is 10.1 Å². The van der Waals surface area contributed by atoms with E-state index in [9.17, 15) is 4.79 Å². The maximum Gasteiger partial charge on any atom is 0.271 e. The molecule has 0 fully saturated rings. The molecule has 2 aromatic rings. The first-order valence-electron chi connectivity index (χ1n) is 8.56. The molecule has 8 heteroatoms. The van der Waals surface area contributed by atoms with Gasteiger partial charge in [0, 0.05) is 62.0 Å². The summed E-state index contributed by atoms with van der Waals surface area (Å²) in [6.45, 7) is 6.31. The second-order valence-corrected chi connectivity index (χ2v) is 6.68. The van der Waals surface area contributed by atoms with Gasteiger partial charge in [-0.3, -0.25) is 14.8 Å². The second-order valence-electron chi connectivity index (χ2n) is 6.68. The Kier molecular flexibility index (Phi) is 3.91. The van der Waals surface area contributed by atoms with Gasteiger partial charge in [-0.15, -0.1) is 0 Å². The van der Waals surface area contributed by atoms with E-state index in [0.717, 1.165) is 60.2 Å². The van der Waals surface area contributed by atoms with Gasteiger partial charge in [-0.1, -0.05) is 0 Å². The van der Waals surface area contributed by atoms with Crippen LogP contribution in [0.1, 0.15) is 38.8 Å². The zero-order chi connectivity index (χ0) is 17.6. The van der Waals surface area contributed by atoms with Crippen LogP contribution in [0.5, 0.6) is 5.88 Å². The normalized spacial score (nSPS) is 19.2. The number of ether oxygens (including phenoxy) is 1. The van der Waals surface area contributed by atoms with Crippen molar-refractivity contribution in [1.82, 2.24) is 30.4 Å². The third kappa shape index (κ3) is 2.86. The SMILES string of the molecule is CNC(=O)c1n[nH]c2c1CN(C[C@H]1Cc3c(C)nc(C)nc3O1)CC2. The highest BCUT2D eigenvalue weighted by atomic mass is 16.5. The summed E-state index contributed by atoms with van der Waals surface area (Å²) in [6, 6.07) is 0. The van der Waals surface area contributed by atoms with E-state index in [4.69, 9.17) is 4.74 Å². The van der Waals surface area contributed by atoms with E-state index in [-0.39, 0.29) is 12.0 Å². The smallest absolute Gasteiger partial charge is 0.271 e. The topological polar surface area (TPSA) is 96.0 Å². The van der Waals surface area contributed by atoms with Crippen LogP contribution in [0.4, 0.5) is 0 Å². The molecule has 0 aliphatic carbocycles. The summed E-state index contributed by atoms with van der Waals surface area (Å²) >= 11 is 0. The fourth-order valence-corrected chi connectivity index (χ4v) is 3.67. The highest BCUT2D eigenvalue weighted by Gasteiger charge is 2.31. The van der Waals surface area contributed by atoms with Gasteiger partial charge in [0.2, 0.25) is 5.88 Å². The summed E-state index contributed by atoms with van der Waals surface area (Å²) in [7, 11) is 1.62. The number of hydrogen-bond acceptors (Lipinski definition) is 6. The minimum Gasteiger partial charge on any atom is -0.472 e. The number of hydrogen-bond donors (Lipinski definition) is 2. The first-order valence-corrected chi connectivity index (χ1v) is 8.56. The lowest BCUT2D eigenvalue weighted by atomic mass is 10.0. The Morgan fingerprint density at radius 1 is 1.36 bits per heavy atom. The first-order chi connectivity index (χ1) is 12.0. The lowest BCUT2D eigenvalue weighted by molar-refractivity contribution is 0.0954. The van der Waals surface area contributed by atoms with Crippen molar-refractivity contribution in [2.24, 2.45) is 0 Å². The Morgan fingerprint density at radius 3 is 3.00 bits per heavy atom. The molecule has 1 atom stereocenters. The molecule has 0 aromatic carbocycles. The van der Waals surface area contributed by atoms with Crippen molar-refractivity contribution in [3.05, 3.63) is 34.0 Å². The fourth-order valence-electron chi connectivity index (χ4n) is 3.67. The summed E-state index contributed by atoms with van der Waals surface area (Å²) in [5.74, 6) is 1.32. The third-order valence-electron chi connectivity index (χ3n) is 4.91. The van der Waals surface area contributed by atoms with Crippen LogP contribution in [-0.4, -0.2) is 57.2 Å². The number of nitrogens with one attached hydrogen (secondary N) is 2. The molecule has 0 spiro atoms. The first kappa shape index (κ1) is 16.0. The third-order valence-corrected chi connectivity index (χ3v) is 4.91. The largest absolute Gasteiger partial charge is 0.472 e. The van der Waals surface area contributed by atoms with E-state index in [1.807, 2.05) is 13.8 Å². The summed E-state index contributed by atoms with van der Waals surface area (Å²) in [5, 5.41) is 9.82. The van der Waals surface area contributed by atoms with Crippen LogP contribution in [0.2, 0.25) is 0 Å². The Bertz CT molecular complexity index is 831. The highest BCUT2D eigenvalue weighted by molar-refractivity contribution is 5.93. The standard InChI is InChI=1S/C17H22N6O2/c1-9-12-6-11(25-17(12)20-10(2)19-9)7-23-5-4-14-13(8-23)15(22-21-14)16(24)18-3/h11H,4-8H2,1-3H3,(H,18,24)(H,21,22)/t11-/m1/s1. The molecule has 0 unspecified atom stereocenters. The van der Waals surface area contributed by atoms with E-state index in [0.29, 0.717) is 12.2 Å². The van der Waals surface area contributed by atoms with Crippen LogP contribution in [0.3, 0.4) is 0 Å². The molecular weight excluding hydrogens is 320 g/mol. The Labute approximate surface area is 146 Å². The molecule has 25 heavy (non-hydrogen) atoms. The van der Waals surface area contributed by atoms with E-state index in [2.05, 4.69) is 30.4 Å². The minimum absolute atomic E-state index is 0.0710. The molecule has 2 aliphatic rings. The molecular formula is C17H22N6O2. The number of fused-ring (bicyclic) bond motifs is 2. The number of aromatic amines is 1. The maximum atomic E-state index is 12.0. The van der Waals surface area contributed by atoms with Gasteiger partial charge in [0.1, 0.15) is 11.9 Å². The molecule has 4 heterocycles. The predicted octanol–water partition coefficient (Wildman–Crippen LogP) is 0.538. The zero-order valence-corrected chi connectivity index (χ0v) is 14.7. The van der Waals surface area contributed by atoms with Crippen molar-refractivity contribution in [3.63, 3.8) is 0 Å². The molecule has 2 N–H and O–H groups in total. The monoisotopic (exact) mass is 342 g/mol. The molecule has 0 saturated carbocycles. The van der Waals surface area contributed by atoms with Crippen LogP contribution in [0, 0.1) is 13.8 Å².